The molecule has 1 aromatic rings. The predicted molar refractivity (Wildman–Crippen MR) is 75.7 cm³/mol. The Hall–Kier alpha value is -1.43. The van der Waals surface area contributed by atoms with Crippen LogP contribution in [0.15, 0.2) is 0 Å². The highest BCUT2D eigenvalue weighted by molar-refractivity contribution is 7.17. The molecule has 1 saturated carbocycles. The lowest BCUT2D eigenvalue weighted by atomic mass is 9.83. The molecule has 0 aromatic carbocycles. The first kappa shape index (κ1) is 13.5. The summed E-state index contributed by atoms with van der Waals surface area (Å²) in [5.74, 6) is -0.957. The summed E-state index contributed by atoms with van der Waals surface area (Å²) in [5, 5.41) is 3.34. The van der Waals surface area contributed by atoms with E-state index in [0.29, 0.717) is 10.6 Å². The van der Waals surface area contributed by atoms with Crippen molar-refractivity contribution in [3.63, 3.8) is 0 Å². The molecule has 1 heterocycles. The number of amides is 2. The number of primary amides is 1. The number of anilines is 1. The molecule has 1 aromatic heterocycles. The number of fused-ring (bicyclic) bond motifs is 1. The number of nitrogens with two attached hydrogens (primary N) is 1. The van der Waals surface area contributed by atoms with Crippen molar-refractivity contribution in [3.8, 4) is 0 Å². The molecule has 6 heteroatoms. The number of carbonyl (C=O) groups is 2. The second-order valence-corrected chi connectivity index (χ2v) is 6.64. The van der Waals surface area contributed by atoms with Crippen LogP contribution < -0.4 is 11.1 Å². The monoisotopic (exact) mass is 296 g/mol. The number of halogens is 1. The molecule has 4 nitrogen and oxygen atoms in total. The Morgan fingerprint density at radius 2 is 1.95 bits per heavy atom. The Kier molecular flexibility index (Phi) is 3.50. The van der Waals surface area contributed by atoms with E-state index in [1.54, 1.807) is 0 Å². The minimum absolute atomic E-state index is 0.194. The summed E-state index contributed by atoms with van der Waals surface area (Å²) in [4.78, 5) is 24.8. The van der Waals surface area contributed by atoms with Crippen molar-refractivity contribution < 1.29 is 14.0 Å². The SMILES string of the molecule is NC(=O)c1c(NC(=O)[C@H]2C[C@H](F)C2)sc2c1CCCC2. The van der Waals surface area contributed by atoms with Gasteiger partial charge in [-0.3, -0.25) is 9.59 Å². The van der Waals surface area contributed by atoms with Gasteiger partial charge in [0.2, 0.25) is 5.91 Å². The summed E-state index contributed by atoms with van der Waals surface area (Å²) in [5.41, 5.74) is 6.93. The maximum Gasteiger partial charge on any atom is 0.251 e. The van der Waals surface area contributed by atoms with Crippen LogP contribution in [0.5, 0.6) is 0 Å². The summed E-state index contributed by atoms with van der Waals surface area (Å²) >= 11 is 1.44. The van der Waals surface area contributed by atoms with E-state index in [2.05, 4.69) is 5.32 Å². The zero-order valence-electron chi connectivity index (χ0n) is 11.1. The Morgan fingerprint density at radius 3 is 2.60 bits per heavy atom. The highest BCUT2D eigenvalue weighted by Crippen LogP contribution is 2.39. The first-order valence-corrected chi connectivity index (χ1v) is 7.77. The highest BCUT2D eigenvalue weighted by Gasteiger charge is 2.35. The highest BCUT2D eigenvalue weighted by atomic mass is 32.1. The van der Waals surface area contributed by atoms with Crippen LogP contribution in [-0.2, 0) is 17.6 Å². The number of thiophene rings is 1. The van der Waals surface area contributed by atoms with Crippen molar-refractivity contribution in [2.45, 2.75) is 44.7 Å². The zero-order valence-corrected chi connectivity index (χ0v) is 11.9. The molecule has 2 aliphatic carbocycles. The summed E-state index contributed by atoms with van der Waals surface area (Å²) in [6.07, 6.45) is 3.63. The maximum atomic E-state index is 12.8. The Bertz CT molecular complexity index is 564. The largest absolute Gasteiger partial charge is 0.365 e. The van der Waals surface area contributed by atoms with Crippen molar-refractivity contribution in [2.75, 3.05) is 5.32 Å². The molecule has 0 atom stereocenters. The lowest BCUT2D eigenvalue weighted by molar-refractivity contribution is -0.124. The van der Waals surface area contributed by atoms with Crippen molar-refractivity contribution in [2.24, 2.45) is 11.7 Å². The predicted octanol–water partition coefficient (Wildman–Crippen LogP) is 2.41. The van der Waals surface area contributed by atoms with E-state index in [0.717, 1.165) is 36.1 Å². The van der Waals surface area contributed by atoms with E-state index < -0.39 is 12.1 Å². The maximum absolute atomic E-state index is 12.8. The molecule has 2 amide bonds. The van der Waals surface area contributed by atoms with E-state index in [1.165, 1.54) is 11.3 Å². The lowest BCUT2D eigenvalue weighted by Gasteiger charge is -2.28. The topological polar surface area (TPSA) is 72.2 Å². The van der Waals surface area contributed by atoms with Crippen LogP contribution in [0.3, 0.4) is 0 Å². The van der Waals surface area contributed by atoms with Crippen LogP contribution in [0.25, 0.3) is 0 Å². The summed E-state index contributed by atoms with van der Waals surface area (Å²) in [6.45, 7) is 0. The summed E-state index contributed by atoms with van der Waals surface area (Å²) in [6, 6.07) is 0. The van der Waals surface area contributed by atoms with Crippen LogP contribution in [0, 0.1) is 5.92 Å². The molecule has 2 aliphatic rings. The number of hydrogen-bond acceptors (Lipinski definition) is 3. The van der Waals surface area contributed by atoms with Crippen LogP contribution >= 0.6 is 11.3 Å². The Labute approximate surface area is 120 Å². The van der Waals surface area contributed by atoms with Gasteiger partial charge in [-0.2, -0.15) is 0 Å². The van der Waals surface area contributed by atoms with Crippen molar-refractivity contribution in [1.29, 1.82) is 0 Å². The second-order valence-electron chi connectivity index (χ2n) is 5.53. The molecule has 3 rings (SSSR count). The number of rotatable bonds is 3. The van der Waals surface area contributed by atoms with Crippen LogP contribution in [0.4, 0.5) is 9.39 Å². The average molecular weight is 296 g/mol. The standard InChI is InChI=1S/C14H17FN2O2S/c15-8-5-7(6-8)13(19)17-14-11(12(16)18)9-3-1-2-4-10(9)20-14/h7-8H,1-6H2,(H2,16,18)(H,17,19)/t7-,8-. The van der Waals surface area contributed by atoms with E-state index in [4.69, 9.17) is 5.73 Å². The summed E-state index contributed by atoms with van der Waals surface area (Å²) < 4.78 is 12.8. The van der Waals surface area contributed by atoms with Gasteiger partial charge in [0, 0.05) is 10.8 Å². The van der Waals surface area contributed by atoms with Gasteiger partial charge in [0.05, 0.1) is 5.56 Å². The van der Waals surface area contributed by atoms with Crippen molar-refractivity contribution in [1.82, 2.24) is 0 Å². The van der Waals surface area contributed by atoms with Crippen LogP contribution in [0.2, 0.25) is 0 Å². The molecule has 108 valence electrons. The quantitative estimate of drug-likeness (QED) is 0.899. The molecule has 0 radical (unpaired) electrons. The van der Waals surface area contributed by atoms with Gasteiger partial charge in [0.15, 0.2) is 0 Å². The molecule has 1 fully saturated rings. The van der Waals surface area contributed by atoms with Gasteiger partial charge in [-0.05, 0) is 44.1 Å². The molecule has 20 heavy (non-hydrogen) atoms. The number of alkyl halides is 1. The molecule has 3 N–H and O–H groups in total. The third-order valence-corrected chi connectivity index (χ3v) is 5.31. The Balaban J connectivity index is 1.83. The third-order valence-electron chi connectivity index (χ3n) is 4.11. The van der Waals surface area contributed by atoms with Crippen molar-refractivity contribution >= 4 is 28.2 Å². The molecule has 0 aliphatic heterocycles. The van der Waals surface area contributed by atoms with Gasteiger partial charge in [-0.15, -0.1) is 11.3 Å². The summed E-state index contributed by atoms with van der Waals surface area (Å²) in [7, 11) is 0. The zero-order chi connectivity index (χ0) is 14.3. The molecular weight excluding hydrogens is 279 g/mol. The second kappa shape index (κ2) is 5.16. The first-order valence-electron chi connectivity index (χ1n) is 6.95. The molecule has 0 unspecified atom stereocenters. The van der Waals surface area contributed by atoms with Crippen molar-refractivity contribution in [3.05, 3.63) is 16.0 Å². The number of aryl methyl sites for hydroxylation is 1. The number of carbonyl (C=O) groups excluding carboxylic acids is 2. The first-order chi connectivity index (χ1) is 9.56. The number of nitrogens with one attached hydrogen (secondary N) is 1. The molecule has 0 bridgehead atoms. The van der Waals surface area contributed by atoms with Gasteiger partial charge in [0.1, 0.15) is 11.2 Å². The minimum atomic E-state index is -0.863. The van der Waals surface area contributed by atoms with E-state index in [9.17, 15) is 14.0 Å². The van der Waals surface area contributed by atoms with Crippen LogP contribution in [0.1, 0.15) is 46.5 Å². The smallest absolute Gasteiger partial charge is 0.251 e. The molecule has 0 spiro atoms. The lowest BCUT2D eigenvalue weighted by Crippen LogP contribution is -2.35. The van der Waals surface area contributed by atoms with Gasteiger partial charge in [-0.25, -0.2) is 4.39 Å². The number of hydrogen-bond donors (Lipinski definition) is 2. The van der Waals surface area contributed by atoms with Gasteiger partial charge >= 0.3 is 0 Å². The Morgan fingerprint density at radius 1 is 1.25 bits per heavy atom. The van der Waals surface area contributed by atoms with E-state index in [-0.39, 0.29) is 24.7 Å². The van der Waals surface area contributed by atoms with Gasteiger partial charge in [-0.1, -0.05) is 0 Å². The normalized spacial score (nSPS) is 24.6. The third kappa shape index (κ3) is 2.32. The molecular formula is C14H17FN2O2S. The average Bonchev–Trinajstić information content (AvgIpc) is 2.72. The fourth-order valence-electron chi connectivity index (χ4n) is 2.89. The fourth-order valence-corrected chi connectivity index (χ4v) is 4.19. The van der Waals surface area contributed by atoms with E-state index >= 15 is 0 Å². The fraction of sp³-hybridized carbons (Fsp3) is 0.571. The van der Waals surface area contributed by atoms with E-state index in [1.807, 2.05) is 0 Å². The van der Waals surface area contributed by atoms with Gasteiger partial charge < -0.3 is 11.1 Å². The molecule has 0 saturated heterocycles. The minimum Gasteiger partial charge on any atom is -0.365 e. The van der Waals surface area contributed by atoms with Crippen LogP contribution in [-0.4, -0.2) is 18.0 Å². The van der Waals surface area contributed by atoms with Gasteiger partial charge in [0.25, 0.3) is 5.91 Å².